The molecule has 0 atom stereocenters. The van der Waals surface area contributed by atoms with Crippen molar-refractivity contribution in [2.75, 3.05) is 11.0 Å². The molecule has 0 saturated carbocycles. The zero-order valence-corrected chi connectivity index (χ0v) is 11.1. The maximum atomic E-state index is 11.1. The third-order valence-corrected chi connectivity index (χ3v) is 3.46. The second kappa shape index (κ2) is 3.74. The summed E-state index contributed by atoms with van der Waals surface area (Å²) in [7, 11) is -3.25. The van der Waals surface area contributed by atoms with Gasteiger partial charge in [0.2, 0.25) is 10.0 Å². The molecule has 2 rings (SSSR count). The van der Waals surface area contributed by atoms with E-state index in [1.807, 2.05) is 11.3 Å². The number of sulfonamides is 1. The molecule has 2 aromatic heterocycles. The summed E-state index contributed by atoms with van der Waals surface area (Å²) in [6, 6.07) is 3.43. The van der Waals surface area contributed by atoms with Gasteiger partial charge in [0.1, 0.15) is 10.3 Å². The number of aromatic nitrogens is 2. The monoisotopic (exact) mass is 303 g/mol. The Labute approximate surface area is 102 Å². The van der Waals surface area contributed by atoms with Gasteiger partial charge in [0.15, 0.2) is 0 Å². The van der Waals surface area contributed by atoms with Gasteiger partial charge in [-0.1, -0.05) is 0 Å². The van der Waals surface area contributed by atoms with Crippen LogP contribution in [0.1, 0.15) is 5.69 Å². The fourth-order valence-corrected chi connectivity index (χ4v) is 2.33. The molecule has 0 saturated heterocycles. The molecule has 2 aromatic rings. The van der Waals surface area contributed by atoms with Crippen LogP contribution in [0.5, 0.6) is 0 Å². The van der Waals surface area contributed by atoms with E-state index in [1.54, 1.807) is 18.3 Å². The van der Waals surface area contributed by atoms with Crippen molar-refractivity contribution >= 4 is 37.3 Å². The molecule has 0 unspecified atom stereocenters. The molecular weight excluding hydrogens is 294 g/mol. The standard InChI is InChI=1S/C9H10BrN3O2S/c1-6-9(10)11-8-4-3-7(5-13(6)8)12-16(2,14)15/h3-5,12H,1-2H3. The third kappa shape index (κ3) is 2.19. The molecule has 86 valence electrons. The molecule has 0 aliphatic carbocycles. The first-order valence-electron chi connectivity index (χ1n) is 4.49. The average molecular weight is 304 g/mol. The zero-order valence-electron chi connectivity index (χ0n) is 8.73. The maximum Gasteiger partial charge on any atom is 0.229 e. The van der Waals surface area contributed by atoms with Gasteiger partial charge in [0, 0.05) is 6.20 Å². The van der Waals surface area contributed by atoms with Crippen molar-refractivity contribution in [3.63, 3.8) is 0 Å². The maximum absolute atomic E-state index is 11.1. The van der Waals surface area contributed by atoms with Crippen LogP contribution in [-0.4, -0.2) is 24.1 Å². The number of nitrogens with one attached hydrogen (secondary N) is 1. The molecule has 16 heavy (non-hydrogen) atoms. The van der Waals surface area contributed by atoms with Gasteiger partial charge >= 0.3 is 0 Å². The van der Waals surface area contributed by atoms with E-state index in [4.69, 9.17) is 0 Å². The molecule has 0 radical (unpaired) electrons. The van der Waals surface area contributed by atoms with E-state index in [2.05, 4.69) is 25.6 Å². The van der Waals surface area contributed by atoms with Crippen LogP contribution in [0, 0.1) is 6.92 Å². The van der Waals surface area contributed by atoms with Gasteiger partial charge in [-0.2, -0.15) is 0 Å². The van der Waals surface area contributed by atoms with Gasteiger partial charge in [0.25, 0.3) is 0 Å². The highest BCUT2D eigenvalue weighted by Crippen LogP contribution is 2.19. The van der Waals surface area contributed by atoms with Gasteiger partial charge in [-0.15, -0.1) is 0 Å². The summed E-state index contributed by atoms with van der Waals surface area (Å²) < 4.78 is 27.2. The minimum atomic E-state index is -3.25. The summed E-state index contributed by atoms with van der Waals surface area (Å²) in [5, 5.41) is 0. The lowest BCUT2D eigenvalue weighted by atomic mass is 10.4. The fraction of sp³-hybridized carbons (Fsp3) is 0.222. The number of imidazole rings is 1. The van der Waals surface area contributed by atoms with Crippen LogP contribution in [0.3, 0.4) is 0 Å². The number of fused-ring (bicyclic) bond motifs is 1. The van der Waals surface area contributed by atoms with Crippen molar-refractivity contribution in [3.05, 3.63) is 28.6 Å². The largest absolute Gasteiger partial charge is 0.301 e. The summed E-state index contributed by atoms with van der Waals surface area (Å²) in [5.41, 5.74) is 2.21. The van der Waals surface area contributed by atoms with Crippen LogP contribution in [0.4, 0.5) is 5.69 Å². The van der Waals surface area contributed by atoms with Crippen molar-refractivity contribution in [1.29, 1.82) is 0 Å². The molecule has 0 fully saturated rings. The summed E-state index contributed by atoms with van der Waals surface area (Å²) in [5.74, 6) is 0. The molecular formula is C9H10BrN3O2S. The Hall–Kier alpha value is -1.08. The van der Waals surface area contributed by atoms with Crippen LogP contribution in [0.15, 0.2) is 22.9 Å². The predicted molar refractivity (Wildman–Crippen MR) is 66.1 cm³/mol. The number of rotatable bonds is 2. The number of aryl methyl sites for hydroxylation is 1. The summed E-state index contributed by atoms with van der Waals surface area (Å²) >= 11 is 3.32. The Bertz CT molecular complexity index is 648. The Morgan fingerprint density at radius 1 is 1.44 bits per heavy atom. The molecule has 0 bridgehead atoms. The molecule has 7 heteroatoms. The Morgan fingerprint density at radius 2 is 2.12 bits per heavy atom. The quantitative estimate of drug-likeness (QED) is 0.920. The summed E-state index contributed by atoms with van der Waals surface area (Å²) in [4.78, 5) is 4.25. The van der Waals surface area contributed by atoms with E-state index in [1.165, 1.54) is 0 Å². The first-order chi connectivity index (χ1) is 7.37. The van der Waals surface area contributed by atoms with Gasteiger partial charge in [-0.3, -0.25) is 4.72 Å². The summed E-state index contributed by atoms with van der Waals surface area (Å²) in [6.45, 7) is 1.90. The zero-order chi connectivity index (χ0) is 11.9. The van der Waals surface area contributed by atoms with Gasteiger partial charge in [-0.25, -0.2) is 13.4 Å². The molecule has 1 N–H and O–H groups in total. The number of nitrogens with zero attached hydrogens (tertiary/aromatic N) is 2. The van der Waals surface area contributed by atoms with E-state index >= 15 is 0 Å². The third-order valence-electron chi connectivity index (χ3n) is 2.10. The lowest BCUT2D eigenvalue weighted by molar-refractivity contribution is 0.607. The van der Waals surface area contributed by atoms with Crippen LogP contribution < -0.4 is 4.72 Å². The molecule has 2 heterocycles. The minimum absolute atomic E-state index is 0.517. The first-order valence-corrected chi connectivity index (χ1v) is 7.17. The second-order valence-corrected chi connectivity index (χ2v) is 6.01. The van der Waals surface area contributed by atoms with Crippen LogP contribution >= 0.6 is 15.9 Å². The highest BCUT2D eigenvalue weighted by molar-refractivity contribution is 9.10. The predicted octanol–water partition coefficient (Wildman–Crippen LogP) is 1.78. The average Bonchev–Trinajstić information content (AvgIpc) is 2.42. The first kappa shape index (κ1) is 11.4. The van der Waals surface area contributed by atoms with Gasteiger partial charge in [-0.05, 0) is 35.0 Å². The van der Waals surface area contributed by atoms with Crippen molar-refractivity contribution in [1.82, 2.24) is 9.38 Å². The molecule has 0 aliphatic rings. The van der Waals surface area contributed by atoms with Crippen LogP contribution in [-0.2, 0) is 10.0 Å². The highest BCUT2D eigenvalue weighted by Gasteiger charge is 2.07. The van der Waals surface area contributed by atoms with Crippen LogP contribution in [0.2, 0.25) is 0 Å². The minimum Gasteiger partial charge on any atom is -0.301 e. The Morgan fingerprint density at radius 3 is 2.75 bits per heavy atom. The van der Waals surface area contributed by atoms with Crippen molar-refractivity contribution in [2.24, 2.45) is 0 Å². The van der Waals surface area contributed by atoms with E-state index in [9.17, 15) is 8.42 Å². The second-order valence-electron chi connectivity index (χ2n) is 3.51. The van der Waals surface area contributed by atoms with Gasteiger partial charge in [0.05, 0.1) is 17.6 Å². The lowest BCUT2D eigenvalue weighted by Gasteiger charge is -2.04. The normalized spacial score (nSPS) is 11.9. The molecule has 0 aliphatic heterocycles. The van der Waals surface area contributed by atoms with E-state index in [0.29, 0.717) is 5.69 Å². The highest BCUT2D eigenvalue weighted by atomic mass is 79.9. The fourth-order valence-electron chi connectivity index (χ4n) is 1.41. The molecule has 0 spiro atoms. The molecule has 0 aromatic carbocycles. The van der Waals surface area contributed by atoms with E-state index in [0.717, 1.165) is 22.2 Å². The van der Waals surface area contributed by atoms with E-state index in [-0.39, 0.29) is 0 Å². The number of pyridine rings is 1. The number of anilines is 1. The smallest absolute Gasteiger partial charge is 0.229 e. The Kier molecular flexibility index (Phi) is 2.67. The number of halogens is 1. The van der Waals surface area contributed by atoms with Crippen molar-refractivity contribution in [3.8, 4) is 0 Å². The number of hydrogen-bond acceptors (Lipinski definition) is 3. The van der Waals surface area contributed by atoms with Gasteiger partial charge < -0.3 is 4.40 Å². The lowest BCUT2D eigenvalue weighted by Crippen LogP contribution is -2.10. The molecule has 5 nitrogen and oxygen atoms in total. The topological polar surface area (TPSA) is 63.5 Å². The number of hydrogen-bond donors (Lipinski definition) is 1. The molecule has 0 amide bonds. The summed E-state index contributed by atoms with van der Waals surface area (Å²) in [6.07, 6.45) is 2.82. The van der Waals surface area contributed by atoms with Crippen LogP contribution in [0.25, 0.3) is 5.65 Å². The van der Waals surface area contributed by atoms with E-state index < -0.39 is 10.0 Å². The van der Waals surface area contributed by atoms with Crippen molar-refractivity contribution < 1.29 is 8.42 Å². The SMILES string of the molecule is Cc1c(Br)nc2ccc(NS(C)(=O)=O)cn12. The Balaban J connectivity index is 2.55. The van der Waals surface area contributed by atoms with Crippen molar-refractivity contribution in [2.45, 2.75) is 6.92 Å².